The second-order valence-electron chi connectivity index (χ2n) is 5.08. The van der Waals surface area contributed by atoms with E-state index in [2.05, 4.69) is 29.6 Å². The number of nitrogens with one attached hydrogen (secondary N) is 1. The smallest absolute Gasteiger partial charge is 0.162 e. The van der Waals surface area contributed by atoms with E-state index in [9.17, 15) is 5.11 Å². The third-order valence-corrected chi connectivity index (χ3v) is 4.92. The van der Waals surface area contributed by atoms with Crippen LogP contribution in [0.2, 0.25) is 0 Å². The van der Waals surface area contributed by atoms with E-state index in [1.165, 1.54) is 10.5 Å². The second-order valence-corrected chi connectivity index (χ2v) is 6.21. The number of aromatic hydroxyl groups is 1. The number of fused-ring (bicyclic) bond motifs is 1. The quantitative estimate of drug-likeness (QED) is 0.903. The predicted octanol–water partition coefficient (Wildman–Crippen LogP) is 3.73. The third-order valence-electron chi connectivity index (χ3n) is 3.80. The molecule has 1 aliphatic rings. The molecule has 0 radical (unpaired) electrons. The zero-order chi connectivity index (χ0) is 14.7. The topological polar surface area (TPSA) is 41.5 Å². The zero-order valence-electron chi connectivity index (χ0n) is 12.0. The molecule has 4 heteroatoms. The van der Waals surface area contributed by atoms with Crippen LogP contribution < -0.4 is 10.1 Å². The van der Waals surface area contributed by atoms with Crippen LogP contribution in [-0.4, -0.2) is 18.0 Å². The van der Waals surface area contributed by atoms with Crippen molar-refractivity contribution in [2.75, 3.05) is 12.9 Å². The van der Waals surface area contributed by atoms with Crippen molar-refractivity contribution in [2.45, 2.75) is 23.9 Å². The van der Waals surface area contributed by atoms with Crippen LogP contribution in [0.4, 0.5) is 0 Å². The number of thioether (sulfide) groups is 1. The van der Waals surface area contributed by atoms with E-state index in [1.807, 2.05) is 23.9 Å². The molecule has 21 heavy (non-hydrogen) atoms. The van der Waals surface area contributed by atoms with E-state index < -0.39 is 0 Å². The molecule has 110 valence electrons. The van der Waals surface area contributed by atoms with Gasteiger partial charge in [0.2, 0.25) is 0 Å². The Morgan fingerprint density at radius 3 is 2.95 bits per heavy atom. The number of methoxy groups -OCH3 is 1. The summed E-state index contributed by atoms with van der Waals surface area (Å²) in [6, 6.07) is 14.5. The standard InChI is InChI=1S/C17H19NO2S/c1-20-15-7-4-5-12(17(15)19)11-18-14-9-10-21-16-8-3-2-6-13(14)16/h2-8,14,18-19H,9-11H2,1H3. The summed E-state index contributed by atoms with van der Waals surface area (Å²) in [6.45, 7) is 0.632. The molecule has 0 bridgehead atoms. The highest BCUT2D eigenvalue weighted by Gasteiger charge is 2.20. The van der Waals surface area contributed by atoms with Crippen molar-refractivity contribution in [1.29, 1.82) is 0 Å². The molecule has 0 spiro atoms. The monoisotopic (exact) mass is 301 g/mol. The fourth-order valence-electron chi connectivity index (χ4n) is 2.66. The molecule has 1 atom stereocenters. The lowest BCUT2D eigenvalue weighted by Crippen LogP contribution is -2.24. The highest BCUT2D eigenvalue weighted by Crippen LogP contribution is 2.36. The molecule has 1 aliphatic heterocycles. The molecule has 0 aromatic heterocycles. The van der Waals surface area contributed by atoms with Crippen LogP contribution in [0.3, 0.4) is 0 Å². The molecular weight excluding hydrogens is 282 g/mol. The van der Waals surface area contributed by atoms with Crippen LogP contribution in [0, 0.1) is 0 Å². The summed E-state index contributed by atoms with van der Waals surface area (Å²) in [4.78, 5) is 1.36. The molecule has 1 unspecified atom stereocenters. The van der Waals surface area contributed by atoms with Crippen molar-refractivity contribution < 1.29 is 9.84 Å². The first-order chi connectivity index (χ1) is 10.3. The minimum absolute atomic E-state index is 0.228. The lowest BCUT2D eigenvalue weighted by atomic mass is 10.0. The Morgan fingerprint density at radius 1 is 1.24 bits per heavy atom. The zero-order valence-corrected chi connectivity index (χ0v) is 12.8. The highest BCUT2D eigenvalue weighted by atomic mass is 32.2. The molecule has 3 nitrogen and oxygen atoms in total. The molecule has 0 fully saturated rings. The first kappa shape index (κ1) is 14.3. The van der Waals surface area contributed by atoms with Gasteiger partial charge >= 0.3 is 0 Å². The lowest BCUT2D eigenvalue weighted by molar-refractivity contribution is 0.368. The number of hydrogen-bond acceptors (Lipinski definition) is 4. The Hall–Kier alpha value is -1.65. The van der Waals surface area contributed by atoms with Gasteiger partial charge in [0, 0.05) is 23.0 Å². The van der Waals surface area contributed by atoms with Gasteiger partial charge in [0.05, 0.1) is 7.11 Å². The normalized spacial score (nSPS) is 17.3. The first-order valence-electron chi connectivity index (χ1n) is 7.09. The van der Waals surface area contributed by atoms with Gasteiger partial charge in [-0.2, -0.15) is 0 Å². The number of phenolic OH excluding ortho intramolecular Hbond substituents is 1. The van der Waals surface area contributed by atoms with E-state index in [0.717, 1.165) is 17.7 Å². The van der Waals surface area contributed by atoms with Crippen LogP contribution in [0.1, 0.15) is 23.6 Å². The van der Waals surface area contributed by atoms with E-state index in [-0.39, 0.29) is 5.75 Å². The van der Waals surface area contributed by atoms with Gasteiger partial charge in [0.1, 0.15) is 0 Å². The average molecular weight is 301 g/mol. The van der Waals surface area contributed by atoms with Gasteiger partial charge in [-0.15, -0.1) is 11.8 Å². The van der Waals surface area contributed by atoms with E-state index in [4.69, 9.17) is 4.74 Å². The molecule has 1 heterocycles. The maximum Gasteiger partial charge on any atom is 0.162 e. The molecular formula is C17H19NO2S. The number of phenols is 1. The number of para-hydroxylation sites is 1. The average Bonchev–Trinajstić information content (AvgIpc) is 2.54. The Labute approximate surface area is 129 Å². The van der Waals surface area contributed by atoms with Crippen LogP contribution in [0.15, 0.2) is 47.4 Å². The third kappa shape index (κ3) is 3.01. The first-order valence-corrected chi connectivity index (χ1v) is 8.08. The van der Waals surface area contributed by atoms with Crippen molar-refractivity contribution in [3.8, 4) is 11.5 Å². The summed E-state index contributed by atoms with van der Waals surface area (Å²) < 4.78 is 5.15. The van der Waals surface area contributed by atoms with Crippen LogP contribution in [0.25, 0.3) is 0 Å². The summed E-state index contributed by atoms with van der Waals surface area (Å²) in [7, 11) is 1.57. The Bertz CT molecular complexity index is 630. The largest absolute Gasteiger partial charge is 0.504 e. The van der Waals surface area contributed by atoms with E-state index >= 15 is 0 Å². The summed E-state index contributed by atoms with van der Waals surface area (Å²) in [5.41, 5.74) is 2.22. The molecule has 2 aromatic rings. The van der Waals surface area contributed by atoms with Crippen molar-refractivity contribution in [2.24, 2.45) is 0 Å². The fraction of sp³-hybridized carbons (Fsp3) is 0.294. The molecule has 3 rings (SSSR count). The van der Waals surface area contributed by atoms with Gasteiger partial charge in [0.15, 0.2) is 11.5 Å². The number of ether oxygens (including phenoxy) is 1. The number of benzene rings is 2. The minimum atomic E-state index is 0.228. The summed E-state index contributed by atoms with van der Waals surface area (Å²) in [6.07, 6.45) is 1.10. The van der Waals surface area contributed by atoms with Gasteiger partial charge in [0.25, 0.3) is 0 Å². The Balaban J connectivity index is 1.75. The van der Waals surface area contributed by atoms with Gasteiger partial charge in [-0.1, -0.05) is 30.3 Å². The lowest BCUT2D eigenvalue weighted by Gasteiger charge is -2.26. The summed E-state index contributed by atoms with van der Waals surface area (Å²) in [5.74, 6) is 1.87. The van der Waals surface area contributed by atoms with Crippen molar-refractivity contribution in [1.82, 2.24) is 5.32 Å². The van der Waals surface area contributed by atoms with Crippen molar-refractivity contribution in [3.05, 3.63) is 53.6 Å². The van der Waals surface area contributed by atoms with Gasteiger partial charge in [-0.3, -0.25) is 0 Å². The molecule has 2 N–H and O–H groups in total. The Morgan fingerprint density at radius 2 is 2.10 bits per heavy atom. The number of rotatable bonds is 4. The fourth-order valence-corrected chi connectivity index (χ4v) is 3.79. The minimum Gasteiger partial charge on any atom is -0.504 e. The van der Waals surface area contributed by atoms with Gasteiger partial charge < -0.3 is 15.2 Å². The highest BCUT2D eigenvalue weighted by molar-refractivity contribution is 7.99. The second kappa shape index (κ2) is 6.41. The van der Waals surface area contributed by atoms with Crippen molar-refractivity contribution in [3.63, 3.8) is 0 Å². The SMILES string of the molecule is COc1cccc(CNC2CCSc3ccccc32)c1O. The van der Waals surface area contributed by atoms with Crippen LogP contribution >= 0.6 is 11.8 Å². The van der Waals surface area contributed by atoms with Crippen LogP contribution in [-0.2, 0) is 6.54 Å². The molecule has 0 aliphatic carbocycles. The summed E-state index contributed by atoms with van der Waals surface area (Å²) in [5, 5.41) is 13.7. The van der Waals surface area contributed by atoms with Gasteiger partial charge in [-0.05, 0) is 29.9 Å². The maximum absolute atomic E-state index is 10.1. The van der Waals surface area contributed by atoms with E-state index in [1.54, 1.807) is 13.2 Å². The molecule has 0 amide bonds. The number of hydrogen-bond donors (Lipinski definition) is 2. The van der Waals surface area contributed by atoms with Crippen molar-refractivity contribution >= 4 is 11.8 Å². The summed E-state index contributed by atoms with van der Waals surface area (Å²) >= 11 is 1.91. The molecule has 2 aromatic carbocycles. The molecule has 0 saturated heterocycles. The van der Waals surface area contributed by atoms with Crippen LogP contribution in [0.5, 0.6) is 11.5 Å². The maximum atomic E-state index is 10.1. The van der Waals surface area contributed by atoms with Gasteiger partial charge in [-0.25, -0.2) is 0 Å². The Kier molecular flexibility index (Phi) is 4.36. The molecule has 0 saturated carbocycles. The predicted molar refractivity (Wildman–Crippen MR) is 86.0 cm³/mol. The van der Waals surface area contributed by atoms with E-state index in [0.29, 0.717) is 18.3 Å².